The number of carbonyl (C=O) groups excluding carboxylic acids is 1. The molecule has 0 N–H and O–H groups in total. The average Bonchev–Trinajstić information content (AvgIpc) is 3.10. The van der Waals surface area contributed by atoms with Crippen LogP contribution < -0.4 is 0 Å². The Morgan fingerprint density at radius 3 is 2.40 bits per heavy atom. The molecule has 10 heteroatoms. The topological polar surface area (TPSA) is 38.1 Å². The molecule has 1 aliphatic heterocycles. The third-order valence-electron chi connectivity index (χ3n) is 4.83. The molecule has 0 atom stereocenters. The first kappa shape index (κ1) is 22.5. The van der Waals surface area contributed by atoms with Gasteiger partial charge in [-0.15, -0.1) is 12.4 Å². The van der Waals surface area contributed by atoms with Gasteiger partial charge in [-0.3, -0.25) is 4.79 Å². The van der Waals surface area contributed by atoms with Crippen LogP contribution in [0.4, 0.5) is 13.2 Å². The summed E-state index contributed by atoms with van der Waals surface area (Å²) in [7, 11) is 0. The maximum absolute atomic E-state index is 13.1. The predicted octanol–water partition coefficient (Wildman–Crippen LogP) is 5.95. The van der Waals surface area contributed by atoms with Crippen molar-refractivity contribution in [1.82, 2.24) is 14.5 Å². The summed E-state index contributed by atoms with van der Waals surface area (Å²) in [5.41, 5.74) is 0.641. The van der Waals surface area contributed by atoms with E-state index < -0.39 is 22.7 Å². The molecule has 0 aliphatic carbocycles. The van der Waals surface area contributed by atoms with Crippen molar-refractivity contribution in [2.24, 2.45) is 0 Å². The quantitative estimate of drug-likeness (QED) is 0.458. The Morgan fingerprint density at radius 1 is 1.03 bits per heavy atom. The number of nitrogens with zero attached hydrogens (tertiary/aromatic N) is 3. The number of amides is 1. The number of rotatable bonds is 2. The zero-order chi connectivity index (χ0) is 20.8. The van der Waals surface area contributed by atoms with Crippen molar-refractivity contribution < 1.29 is 18.0 Å². The summed E-state index contributed by atoms with van der Waals surface area (Å²) in [6.45, 7) is 0.976. The fourth-order valence-corrected chi connectivity index (χ4v) is 3.81. The Labute approximate surface area is 186 Å². The highest BCUT2D eigenvalue weighted by Crippen LogP contribution is 2.37. The van der Waals surface area contributed by atoms with E-state index in [1.807, 2.05) is 16.7 Å². The molecule has 1 aliphatic rings. The van der Waals surface area contributed by atoms with Crippen molar-refractivity contribution in [3.8, 4) is 11.3 Å². The normalized spacial score (nSPS) is 13.6. The van der Waals surface area contributed by atoms with Gasteiger partial charge in [0, 0.05) is 18.1 Å². The fourth-order valence-electron chi connectivity index (χ4n) is 3.37. The predicted molar refractivity (Wildman–Crippen MR) is 111 cm³/mol. The molecular weight excluding hydrogens is 462 g/mol. The van der Waals surface area contributed by atoms with Crippen LogP contribution in [-0.4, -0.2) is 26.9 Å². The molecule has 2 heterocycles. The number of fused-ring (bicyclic) bond motifs is 1. The lowest BCUT2D eigenvalue weighted by Gasteiger charge is -2.29. The number of halogens is 6. The van der Waals surface area contributed by atoms with E-state index >= 15 is 0 Å². The van der Waals surface area contributed by atoms with Crippen molar-refractivity contribution in [2.75, 3.05) is 6.54 Å². The molecule has 3 aromatic rings. The fraction of sp³-hybridized carbons (Fsp3) is 0.200. The van der Waals surface area contributed by atoms with Crippen LogP contribution in [0.15, 0.2) is 48.7 Å². The molecule has 0 saturated carbocycles. The number of imidazole rings is 1. The lowest BCUT2D eigenvalue weighted by molar-refractivity contribution is -0.137. The van der Waals surface area contributed by atoms with Crippen molar-refractivity contribution in [3.63, 3.8) is 0 Å². The molecular formula is C20H15Cl3F3N3O. The van der Waals surface area contributed by atoms with E-state index in [4.69, 9.17) is 23.2 Å². The zero-order valence-electron chi connectivity index (χ0n) is 15.3. The molecule has 4 rings (SSSR count). The first-order valence-corrected chi connectivity index (χ1v) is 9.46. The number of hydrogen-bond acceptors (Lipinski definition) is 2. The van der Waals surface area contributed by atoms with Gasteiger partial charge in [-0.2, -0.15) is 13.2 Å². The Morgan fingerprint density at radius 2 is 1.73 bits per heavy atom. The summed E-state index contributed by atoms with van der Waals surface area (Å²) in [4.78, 5) is 18.7. The Bertz CT molecular complexity index is 1080. The van der Waals surface area contributed by atoms with Gasteiger partial charge < -0.3 is 9.47 Å². The molecule has 0 fully saturated rings. The standard InChI is InChI=1S/C20H14Cl2F3N3O.ClH/c21-13-6-4-12(5-7-13)16-10-26-17-11-27(8-9-28(16)17)19(29)14-2-1-3-15(18(14)22)20(23,24)25;/h1-7,10H,8-9,11H2;1H. The van der Waals surface area contributed by atoms with E-state index in [1.165, 1.54) is 17.0 Å². The highest BCUT2D eigenvalue weighted by molar-refractivity contribution is 6.34. The lowest BCUT2D eigenvalue weighted by atomic mass is 10.1. The number of aromatic nitrogens is 2. The minimum absolute atomic E-state index is 0. The molecule has 0 spiro atoms. The maximum atomic E-state index is 13.1. The lowest BCUT2D eigenvalue weighted by Crippen LogP contribution is -2.38. The molecule has 0 unspecified atom stereocenters. The third-order valence-corrected chi connectivity index (χ3v) is 5.48. The molecule has 1 amide bonds. The highest BCUT2D eigenvalue weighted by Gasteiger charge is 2.35. The van der Waals surface area contributed by atoms with E-state index in [1.54, 1.807) is 18.3 Å². The van der Waals surface area contributed by atoms with Crippen LogP contribution in [0, 0.1) is 0 Å². The Kier molecular flexibility index (Phi) is 6.36. The van der Waals surface area contributed by atoms with Crippen LogP contribution in [0.3, 0.4) is 0 Å². The zero-order valence-corrected chi connectivity index (χ0v) is 17.6. The van der Waals surface area contributed by atoms with Gasteiger partial charge in [0.1, 0.15) is 5.82 Å². The van der Waals surface area contributed by atoms with E-state index in [2.05, 4.69) is 4.98 Å². The van der Waals surface area contributed by atoms with Crippen molar-refractivity contribution in [1.29, 1.82) is 0 Å². The smallest absolute Gasteiger partial charge is 0.329 e. The summed E-state index contributed by atoms with van der Waals surface area (Å²) in [6, 6.07) is 10.7. The van der Waals surface area contributed by atoms with E-state index in [9.17, 15) is 18.0 Å². The van der Waals surface area contributed by atoms with Crippen LogP contribution in [0.1, 0.15) is 21.7 Å². The monoisotopic (exact) mass is 475 g/mol. The summed E-state index contributed by atoms with van der Waals surface area (Å²) in [5, 5.41) is 0.0441. The maximum Gasteiger partial charge on any atom is 0.417 e. The summed E-state index contributed by atoms with van der Waals surface area (Å²) >= 11 is 11.8. The second kappa shape index (κ2) is 8.49. The average molecular weight is 477 g/mol. The van der Waals surface area contributed by atoms with Gasteiger partial charge in [0.25, 0.3) is 5.91 Å². The SMILES string of the molecule is Cl.O=C(c1cccc(C(F)(F)F)c1Cl)N1CCn2c(-c3ccc(Cl)cc3)cnc2C1. The molecule has 0 radical (unpaired) electrons. The van der Waals surface area contributed by atoms with Crippen LogP contribution in [0.25, 0.3) is 11.3 Å². The van der Waals surface area contributed by atoms with Crippen molar-refractivity contribution in [2.45, 2.75) is 19.3 Å². The largest absolute Gasteiger partial charge is 0.417 e. The molecule has 2 aromatic carbocycles. The van der Waals surface area contributed by atoms with Crippen molar-refractivity contribution >= 4 is 41.5 Å². The second-order valence-corrected chi connectivity index (χ2v) is 7.42. The molecule has 0 bridgehead atoms. The Hall–Kier alpha value is -2.22. The summed E-state index contributed by atoms with van der Waals surface area (Å²) < 4.78 is 41.3. The van der Waals surface area contributed by atoms with Gasteiger partial charge in [-0.25, -0.2) is 4.98 Å². The highest BCUT2D eigenvalue weighted by atomic mass is 35.5. The molecule has 4 nitrogen and oxygen atoms in total. The van der Waals surface area contributed by atoms with E-state index in [-0.39, 0.29) is 24.5 Å². The number of benzene rings is 2. The first-order valence-electron chi connectivity index (χ1n) is 8.71. The van der Waals surface area contributed by atoms with Crippen LogP contribution in [-0.2, 0) is 19.3 Å². The molecule has 158 valence electrons. The number of hydrogen-bond donors (Lipinski definition) is 0. The van der Waals surface area contributed by atoms with Crippen LogP contribution >= 0.6 is 35.6 Å². The number of alkyl halides is 3. The van der Waals surface area contributed by atoms with E-state index in [0.29, 0.717) is 23.9 Å². The van der Waals surface area contributed by atoms with Crippen LogP contribution in [0.2, 0.25) is 10.0 Å². The molecule has 30 heavy (non-hydrogen) atoms. The third kappa shape index (κ3) is 4.15. The summed E-state index contributed by atoms with van der Waals surface area (Å²) in [5.74, 6) is 0.0982. The summed E-state index contributed by atoms with van der Waals surface area (Å²) in [6.07, 6.45) is -2.91. The van der Waals surface area contributed by atoms with Gasteiger partial charge in [0.2, 0.25) is 0 Å². The van der Waals surface area contributed by atoms with Gasteiger partial charge in [-0.1, -0.05) is 41.4 Å². The Balaban J connectivity index is 0.00000256. The van der Waals surface area contributed by atoms with Crippen LogP contribution in [0.5, 0.6) is 0 Å². The van der Waals surface area contributed by atoms with Gasteiger partial charge in [0.15, 0.2) is 0 Å². The van der Waals surface area contributed by atoms with Gasteiger partial charge in [0.05, 0.1) is 34.6 Å². The molecule has 0 saturated heterocycles. The first-order chi connectivity index (χ1) is 13.8. The van der Waals surface area contributed by atoms with Crippen molar-refractivity contribution in [3.05, 3.63) is 75.7 Å². The molecule has 1 aromatic heterocycles. The van der Waals surface area contributed by atoms with Gasteiger partial charge in [-0.05, 0) is 29.8 Å². The minimum atomic E-state index is -4.63. The van der Waals surface area contributed by atoms with E-state index in [0.717, 1.165) is 17.3 Å². The van der Waals surface area contributed by atoms with Gasteiger partial charge >= 0.3 is 6.18 Å². The second-order valence-electron chi connectivity index (χ2n) is 6.61. The minimum Gasteiger partial charge on any atom is -0.329 e. The number of carbonyl (C=O) groups is 1.